The van der Waals surface area contributed by atoms with Gasteiger partial charge in [0.2, 0.25) is 0 Å². The van der Waals surface area contributed by atoms with Gasteiger partial charge in [-0.2, -0.15) is 0 Å². The van der Waals surface area contributed by atoms with E-state index in [0.717, 1.165) is 29.8 Å². The van der Waals surface area contributed by atoms with Gasteiger partial charge in [0.1, 0.15) is 4.88 Å². The molecule has 0 atom stereocenters. The summed E-state index contributed by atoms with van der Waals surface area (Å²) in [6, 6.07) is 0. The molecule has 13 heavy (non-hydrogen) atoms. The number of carbonyl (C=O) groups excluding carboxylic acids is 1. The zero-order chi connectivity index (χ0) is 9.68. The molecule has 72 valence electrons. The minimum absolute atomic E-state index is 0.00375. The number of carbonyl (C=O) groups is 1. The van der Waals surface area contributed by atoms with Crippen LogP contribution in [0.4, 0.5) is 0 Å². The van der Waals surface area contributed by atoms with Crippen molar-refractivity contribution < 1.29 is 4.79 Å². The molecule has 0 aliphatic heterocycles. The fourth-order valence-electron chi connectivity index (χ4n) is 0.848. The molecule has 0 radical (unpaired) electrons. The summed E-state index contributed by atoms with van der Waals surface area (Å²) in [6.07, 6.45) is 2.45. The van der Waals surface area contributed by atoms with E-state index in [4.69, 9.17) is 0 Å². The molecular formula is C7H10BrN3OS. The number of rotatable bonds is 4. The summed E-state index contributed by atoms with van der Waals surface area (Å²) >= 11 is 4.44. The third-order valence-electron chi connectivity index (χ3n) is 1.55. The van der Waals surface area contributed by atoms with Gasteiger partial charge in [0.15, 0.2) is 0 Å². The first-order chi connectivity index (χ1) is 6.25. The fourth-order valence-corrected chi connectivity index (χ4v) is 1.61. The summed E-state index contributed by atoms with van der Waals surface area (Å²) in [5.41, 5.74) is 0. The molecule has 0 aromatic carbocycles. The maximum absolute atomic E-state index is 11.6. The summed E-state index contributed by atoms with van der Waals surface area (Å²) in [4.78, 5) is 13.8. The van der Waals surface area contributed by atoms with Crippen molar-refractivity contribution in [3.05, 3.63) is 11.1 Å². The topological polar surface area (TPSA) is 46.1 Å². The molecule has 1 rings (SSSR count). The van der Waals surface area contributed by atoms with E-state index in [2.05, 4.69) is 25.5 Å². The van der Waals surface area contributed by atoms with Crippen molar-refractivity contribution in [3.8, 4) is 0 Å². The Hall–Kier alpha value is -0.490. The Balaban J connectivity index is 2.48. The first-order valence-electron chi connectivity index (χ1n) is 3.84. The number of aromatic nitrogens is 2. The molecule has 0 spiro atoms. The Morgan fingerprint density at radius 2 is 2.54 bits per heavy atom. The largest absolute Gasteiger partial charge is 0.341 e. The monoisotopic (exact) mass is 263 g/mol. The van der Waals surface area contributed by atoms with Crippen LogP contribution in [0.15, 0.2) is 6.20 Å². The third-order valence-corrected chi connectivity index (χ3v) is 2.76. The van der Waals surface area contributed by atoms with Gasteiger partial charge in [-0.15, -0.1) is 5.10 Å². The number of hydrogen-bond acceptors (Lipinski definition) is 4. The van der Waals surface area contributed by atoms with Gasteiger partial charge in [0.25, 0.3) is 5.91 Å². The fraction of sp³-hybridized carbons (Fsp3) is 0.571. The lowest BCUT2D eigenvalue weighted by Gasteiger charge is -2.14. The van der Waals surface area contributed by atoms with Gasteiger partial charge in [0, 0.05) is 18.9 Å². The van der Waals surface area contributed by atoms with E-state index in [9.17, 15) is 4.79 Å². The molecule has 0 unspecified atom stereocenters. The van der Waals surface area contributed by atoms with Gasteiger partial charge in [-0.3, -0.25) is 4.79 Å². The number of hydrogen-bond donors (Lipinski definition) is 0. The Labute approximate surface area is 89.2 Å². The van der Waals surface area contributed by atoms with E-state index in [-0.39, 0.29) is 5.91 Å². The Bertz CT molecular complexity index is 265. The van der Waals surface area contributed by atoms with Gasteiger partial charge < -0.3 is 4.90 Å². The molecule has 0 aliphatic carbocycles. The van der Waals surface area contributed by atoms with Crippen LogP contribution in [-0.4, -0.2) is 39.3 Å². The van der Waals surface area contributed by atoms with Crippen LogP contribution in [0.1, 0.15) is 16.1 Å². The zero-order valence-corrected chi connectivity index (χ0v) is 9.64. The van der Waals surface area contributed by atoms with Crippen molar-refractivity contribution in [2.45, 2.75) is 6.42 Å². The van der Waals surface area contributed by atoms with E-state index in [1.165, 1.54) is 6.20 Å². The molecule has 6 heteroatoms. The quantitative estimate of drug-likeness (QED) is 0.772. The van der Waals surface area contributed by atoms with Gasteiger partial charge in [0.05, 0.1) is 6.20 Å². The molecule has 0 saturated carbocycles. The van der Waals surface area contributed by atoms with E-state index >= 15 is 0 Å². The average Bonchev–Trinajstić information content (AvgIpc) is 2.65. The van der Waals surface area contributed by atoms with Crippen LogP contribution in [0.3, 0.4) is 0 Å². The van der Waals surface area contributed by atoms with Crippen LogP contribution in [0, 0.1) is 0 Å². The summed E-state index contributed by atoms with van der Waals surface area (Å²) in [5, 5.41) is 4.53. The molecule has 1 heterocycles. The third kappa shape index (κ3) is 3.04. The van der Waals surface area contributed by atoms with Crippen molar-refractivity contribution in [2.24, 2.45) is 0 Å². The van der Waals surface area contributed by atoms with Gasteiger partial charge in [-0.1, -0.05) is 20.4 Å². The minimum atomic E-state index is -0.00375. The van der Waals surface area contributed by atoms with E-state index < -0.39 is 0 Å². The van der Waals surface area contributed by atoms with E-state index in [1.54, 1.807) is 11.9 Å². The Kier molecular flexibility index (Phi) is 4.31. The predicted molar refractivity (Wildman–Crippen MR) is 55.3 cm³/mol. The Morgan fingerprint density at radius 3 is 3.08 bits per heavy atom. The molecule has 4 nitrogen and oxygen atoms in total. The minimum Gasteiger partial charge on any atom is -0.341 e. The van der Waals surface area contributed by atoms with E-state index in [0.29, 0.717) is 4.88 Å². The maximum atomic E-state index is 11.6. The second-order valence-electron chi connectivity index (χ2n) is 2.55. The standard InChI is InChI=1S/C7H10BrN3OS/c1-11(4-2-3-8)7(12)6-5-9-10-13-6/h5H,2-4H2,1H3. The van der Waals surface area contributed by atoms with Crippen LogP contribution in [0.5, 0.6) is 0 Å². The summed E-state index contributed by atoms with van der Waals surface area (Å²) in [7, 11) is 1.78. The molecule has 1 aromatic rings. The number of amides is 1. The SMILES string of the molecule is CN(CCCBr)C(=O)c1cnns1. The van der Waals surface area contributed by atoms with Crippen molar-refractivity contribution >= 4 is 33.4 Å². The lowest BCUT2D eigenvalue weighted by atomic mass is 10.4. The first-order valence-corrected chi connectivity index (χ1v) is 5.74. The number of nitrogens with zero attached hydrogens (tertiary/aromatic N) is 3. The molecule has 0 N–H and O–H groups in total. The second-order valence-corrected chi connectivity index (χ2v) is 4.13. The highest BCUT2D eigenvalue weighted by Gasteiger charge is 2.12. The number of alkyl halides is 1. The maximum Gasteiger partial charge on any atom is 0.266 e. The number of halogens is 1. The highest BCUT2D eigenvalue weighted by molar-refractivity contribution is 9.09. The van der Waals surface area contributed by atoms with Gasteiger partial charge in [-0.25, -0.2) is 0 Å². The van der Waals surface area contributed by atoms with Gasteiger partial charge in [-0.05, 0) is 18.0 Å². The molecule has 1 amide bonds. The molecule has 0 fully saturated rings. The predicted octanol–water partition coefficient (Wildman–Crippen LogP) is 1.40. The smallest absolute Gasteiger partial charge is 0.266 e. The van der Waals surface area contributed by atoms with Crippen molar-refractivity contribution in [3.63, 3.8) is 0 Å². The molecule has 0 bridgehead atoms. The lowest BCUT2D eigenvalue weighted by molar-refractivity contribution is 0.0800. The average molecular weight is 264 g/mol. The molecule has 0 saturated heterocycles. The van der Waals surface area contributed by atoms with Crippen molar-refractivity contribution in [1.29, 1.82) is 0 Å². The first kappa shape index (κ1) is 10.6. The molecular weight excluding hydrogens is 254 g/mol. The highest BCUT2D eigenvalue weighted by Crippen LogP contribution is 2.06. The van der Waals surface area contributed by atoms with Crippen LogP contribution >= 0.6 is 27.5 Å². The van der Waals surface area contributed by atoms with Crippen molar-refractivity contribution in [2.75, 3.05) is 18.9 Å². The molecule has 0 aliphatic rings. The zero-order valence-electron chi connectivity index (χ0n) is 7.23. The van der Waals surface area contributed by atoms with Gasteiger partial charge >= 0.3 is 0 Å². The van der Waals surface area contributed by atoms with Crippen LogP contribution in [0.2, 0.25) is 0 Å². The van der Waals surface area contributed by atoms with Crippen LogP contribution < -0.4 is 0 Å². The molecule has 1 aromatic heterocycles. The normalized spacial score (nSPS) is 10.0. The highest BCUT2D eigenvalue weighted by atomic mass is 79.9. The summed E-state index contributed by atoms with van der Waals surface area (Å²) in [5.74, 6) is -0.00375. The summed E-state index contributed by atoms with van der Waals surface area (Å²) in [6.45, 7) is 0.752. The van der Waals surface area contributed by atoms with Crippen molar-refractivity contribution in [1.82, 2.24) is 14.5 Å². The summed E-state index contributed by atoms with van der Waals surface area (Å²) < 4.78 is 3.64. The second kappa shape index (κ2) is 5.29. The lowest BCUT2D eigenvalue weighted by Crippen LogP contribution is -2.27. The van der Waals surface area contributed by atoms with Crippen LogP contribution in [-0.2, 0) is 0 Å². The Morgan fingerprint density at radius 1 is 1.77 bits per heavy atom. The van der Waals surface area contributed by atoms with E-state index in [1.807, 2.05) is 0 Å². The van der Waals surface area contributed by atoms with Crippen LogP contribution in [0.25, 0.3) is 0 Å².